The van der Waals surface area contributed by atoms with E-state index in [4.69, 9.17) is 4.74 Å². The van der Waals surface area contributed by atoms with Gasteiger partial charge in [0.25, 0.3) is 11.8 Å². The Morgan fingerprint density at radius 1 is 0.821 bits per heavy atom. The van der Waals surface area contributed by atoms with Crippen LogP contribution in [0.15, 0.2) is 0 Å². The Labute approximate surface area is 164 Å². The number of carbonyl (C=O) groups excluding carboxylic acids is 3. The molecule has 0 bridgehead atoms. The first-order chi connectivity index (χ1) is 13.6. The van der Waals surface area contributed by atoms with Crippen molar-refractivity contribution < 1.29 is 19.1 Å². The van der Waals surface area contributed by atoms with Gasteiger partial charge in [0.15, 0.2) is 5.82 Å². The van der Waals surface area contributed by atoms with Gasteiger partial charge in [-0.2, -0.15) is 0 Å². The van der Waals surface area contributed by atoms with E-state index in [0.29, 0.717) is 64.0 Å². The highest BCUT2D eigenvalue weighted by atomic mass is 16.5. The van der Waals surface area contributed by atoms with Gasteiger partial charge in [0.2, 0.25) is 5.91 Å². The first-order valence-electron chi connectivity index (χ1n) is 10.1. The molecule has 2 saturated heterocycles. The van der Waals surface area contributed by atoms with Crippen molar-refractivity contribution in [2.45, 2.75) is 32.7 Å². The third-order valence-electron chi connectivity index (χ3n) is 5.82. The van der Waals surface area contributed by atoms with Crippen molar-refractivity contribution in [3.63, 3.8) is 0 Å². The summed E-state index contributed by atoms with van der Waals surface area (Å²) < 4.78 is 7.28. The first-order valence-corrected chi connectivity index (χ1v) is 10.1. The smallest absolute Gasteiger partial charge is 0.290 e. The average molecular weight is 389 g/mol. The molecule has 0 aromatic carbocycles. The monoisotopic (exact) mass is 389 g/mol. The van der Waals surface area contributed by atoms with E-state index in [9.17, 15) is 14.4 Å². The molecule has 0 saturated carbocycles. The molecule has 3 amide bonds. The summed E-state index contributed by atoms with van der Waals surface area (Å²) >= 11 is 0. The molecule has 3 aliphatic rings. The fourth-order valence-electron chi connectivity index (χ4n) is 4.16. The minimum Gasteiger partial charge on any atom is -0.378 e. The number of piperazine rings is 1. The molecule has 0 atom stereocenters. The molecule has 2 fully saturated rings. The van der Waals surface area contributed by atoms with E-state index in [-0.39, 0.29) is 17.7 Å². The number of aromatic nitrogens is 2. The van der Waals surface area contributed by atoms with Crippen molar-refractivity contribution in [2.24, 2.45) is 0 Å². The van der Waals surface area contributed by atoms with Crippen molar-refractivity contribution in [1.29, 1.82) is 0 Å². The topological polar surface area (TPSA) is 88.0 Å². The quantitative estimate of drug-likeness (QED) is 0.710. The van der Waals surface area contributed by atoms with Gasteiger partial charge in [0.05, 0.1) is 18.9 Å². The average Bonchev–Trinajstić information content (AvgIpc) is 3.13. The molecule has 9 nitrogen and oxygen atoms in total. The molecule has 4 rings (SSSR count). The van der Waals surface area contributed by atoms with E-state index in [1.807, 2.05) is 4.57 Å². The number of fused-ring (bicyclic) bond motifs is 1. The Morgan fingerprint density at radius 2 is 1.46 bits per heavy atom. The molecule has 0 N–H and O–H groups in total. The highest BCUT2D eigenvalue weighted by molar-refractivity contribution is 5.97. The van der Waals surface area contributed by atoms with Crippen LogP contribution in [-0.2, 0) is 22.5 Å². The normalized spacial score (nSPS) is 20.1. The SMILES string of the molecule is CC(=O)N1CCN(C(=O)c2nc(C(=O)N3CCOCC3)n3c2CCCC3)CC1. The van der Waals surface area contributed by atoms with E-state index in [1.54, 1.807) is 21.6 Å². The van der Waals surface area contributed by atoms with Crippen molar-refractivity contribution in [3.05, 3.63) is 17.2 Å². The van der Waals surface area contributed by atoms with Crippen LogP contribution in [0.4, 0.5) is 0 Å². The Kier molecular flexibility index (Phi) is 5.34. The highest BCUT2D eigenvalue weighted by Gasteiger charge is 2.33. The molecule has 9 heteroatoms. The molecular weight excluding hydrogens is 362 g/mol. The lowest BCUT2D eigenvalue weighted by molar-refractivity contribution is -0.130. The van der Waals surface area contributed by atoms with E-state index in [1.165, 1.54) is 0 Å². The molecule has 0 radical (unpaired) electrons. The molecule has 0 unspecified atom stereocenters. The number of hydrogen-bond donors (Lipinski definition) is 0. The number of rotatable bonds is 2. The lowest BCUT2D eigenvalue weighted by atomic mass is 10.1. The van der Waals surface area contributed by atoms with Crippen LogP contribution < -0.4 is 0 Å². The summed E-state index contributed by atoms with van der Waals surface area (Å²) in [6, 6.07) is 0. The van der Waals surface area contributed by atoms with E-state index in [2.05, 4.69) is 4.98 Å². The fourth-order valence-corrected chi connectivity index (χ4v) is 4.16. The number of morpholine rings is 1. The Bertz CT molecular complexity index is 776. The van der Waals surface area contributed by atoms with E-state index in [0.717, 1.165) is 31.5 Å². The summed E-state index contributed by atoms with van der Waals surface area (Å²) in [5.41, 5.74) is 1.29. The van der Waals surface area contributed by atoms with Crippen LogP contribution in [0.5, 0.6) is 0 Å². The van der Waals surface area contributed by atoms with Crippen LogP contribution in [0.1, 0.15) is 46.6 Å². The lowest BCUT2D eigenvalue weighted by Gasteiger charge is -2.34. The maximum Gasteiger partial charge on any atom is 0.290 e. The number of hydrogen-bond acceptors (Lipinski definition) is 5. The predicted octanol–water partition coefficient (Wildman–Crippen LogP) is -0.00390. The number of amides is 3. The molecule has 0 spiro atoms. The second-order valence-electron chi connectivity index (χ2n) is 7.54. The van der Waals surface area contributed by atoms with Crippen molar-refractivity contribution in [1.82, 2.24) is 24.3 Å². The predicted molar refractivity (Wildman–Crippen MR) is 100 cm³/mol. The van der Waals surface area contributed by atoms with Crippen molar-refractivity contribution in [2.75, 3.05) is 52.5 Å². The van der Waals surface area contributed by atoms with Crippen LogP contribution in [-0.4, -0.2) is 94.5 Å². The van der Waals surface area contributed by atoms with Gasteiger partial charge in [-0.15, -0.1) is 0 Å². The van der Waals surface area contributed by atoms with Gasteiger partial charge in [-0.3, -0.25) is 14.4 Å². The van der Waals surface area contributed by atoms with Crippen LogP contribution >= 0.6 is 0 Å². The molecule has 4 heterocycles. The Balaban J connectivity index is 1.57. The third kappa shape index (κ3) is 3.50. The number of ether oxygens (including phenoxy) is 1. The summed E-state index contributed by atoms with van der Waals surface area (Å²) in [7, 11) is 0. The summed E-state index contributed by atoms with van der Waals surface area (Å²) in [6.07, 6.45) is 2.74. The van der Waals surface area contributed by atoms with Crippen LogP contribution in [0.25, 0.3) is 0 Å². The molecule has 28 heavy (non-hydrogen) atoms. The lowest BCUT2D eigenvalue weighted by Crippen LogP contribution is -2.50. The molecule has 3 aliphatic heterocycles. The molecule has 1 aromatic heterocycles. The second-order valence-corrected chi connectivity index (χ2v) is 7.54. The fraction of sp³-hybridized carbons (Fsp3) is 0.684. The Morgan fingerprint density at radius 3 is 2.14 bits per heavy atom. The van der Waals surface area contributed by atoms with Gasteiger partial charge in [0, 0.05) is 52.7 Å². The number of nitrogens with zero attached hydrogens (tertiary/aromatic N) is 5. The minimum atomic E-state index is -0.130. The van der Waals surface area contributed by atoms with E-state index >= 15 is 0 Å². The standard InChI is InChI=1S/C19H27N5O4/c1-14(25)21-6-8-22(9-7-21)18(26)16-15-4-2-3-5-24(15)17(20-16)19(27)23-10-12-28-13-11-23/h2-13H2,1H3. The molecular formula is C19H27N5O4. The van der Waals surface area contributed by atoms with Crippen LogP contribution in [0.3, 0.4) is 0 Å². The van der Waals surface area contributed by atoms with Crippen molar-refractivity contribution >= 4 is 17.7 Å². The number of imidazole rings is 1. The Hall–Kier alpha value is -2.42. The van der Waals surface area contributed by atoms with E-state index < -0.39 is 0 Å². The summed E-state index contributed by atoms with van der Waals surface area (Å²) in [5, 5.41) is 0. The summed E-state index contributed by atoms with van der Waals surface area (Å²) in [4.78, 5) is 47.5. The van der Waals surface area contributed by atoms with Gasteiger partial charge in [0.1, 0.15) is 5.69 Å². The van der Waals surface area contributed by atoms with Gasteiger partial charge in [-0.25, -0.2) is 4.98 Å². The van der Waals surface area contributed by atoms with Gasteiger partial charge >= 0.3 is 0 Å². The van der Waals surface area contributed by atoms with Crippen LogP contribution in [0.2, 0.25) is 0 Å². The minimum absolute atomic E-state index is 0.0323. The number of carbonyl (C=O) groups is 3. The molecule has 1 aromatic rings. The van der Waals surface area contributed by atoms with Gasteiger partial charge < -0.3 is 24.0 Å². The summed E-state index contributed by atoms with van der Waals surface area (Å²) in [5.74, 6) is 0.161. The maximum atomic E-state index is 13.2. The molecule has 152 valence electrons. The van der Waals surface area contributed by atoms with Gasteiger partial charge in [-0.05, 0) is 19.3 Å². The molecule has 0 aliphatic carbocycles. The highest BCUT2D eigenvalue weighted by Crippen LogP contribution is 2.24. The van der Waals surface area contributed by atoms with Crippen molar-refractivity contribution in [3.8, 4) is 0 Å². The van der Waals surface area contributed by atoms with Gasteiger partial charge in [-0.1, -0.05) is 0 Å². The zero-order chi connectivity index (χ0) is 19.7. The zero-order valence-electron chi connectivity index (χ0n) is 16.4. The second kappa shape index (κ2) is 7.90. The zero-order valence-corrected chi connectivity index (χ0v) is 16.4. The summed E-state index contributed by atoms with van der Waals surface area (Å²) in [6.45, 7) is 6.51. The third-order valence-corrected chi connectivity index (χ3v) is 5.82. The van der Waals surface area contributed by atoms with Crippen LogP contribution in [0, 0.1) is 0 Å². The maximum absolute atomic E-state index is 13.2. The largest absolute Gasteiger partial charge is 0.378 e. The first kappa shape index (κ1) is 18.9.